The maximum Gasteiger partial charge on any atom is 0.155 e. The number of aliphatic hydroxyl groups excluding tert-OH is 1. The van der Waals surface area contributed by atoms with Crippen molar-refractivity contribution >= 4 is 6.08 Å². The Morgan fingerprint density at radius 2 is 2.12 bits per heavy atom. The summed E-state index contributed by atoms with van der Waals surface area (Å²) in [5.41, 5.74) is 1.13. The van der Waals surface area contributed by atoms with Crippen LogP contribution in [0.4, 0.5) is 0 Å². The Hall–Kier alpha value is -1.32. The van der Waals surface area contributed by atoms with Gasteiger partial charge in [-0.2, -0.15) is 0 Å². The van der Waals surface area contributed by atoms with E-state index >= 15 is 0 Å². The van der Waals surface area contributed by atoms with Gasteiger partial charge in [0.25, 0.3) is 0 Å². The molecule has 0 spiro atoms. The molecule has 86 valence electrons. The maximum atomic E-state index is 9.19. The lowest BCUT2D eigenvalue weighted by Gasteiger charge is -2.01. The monoisotopic (exact) mass is 220 g/mol. The summed E-state index contributed by atoms with van der Waals surface area (Å²) in [6.07, 6.45) is 4.22. The molecule has 0 aromatic heterocycles. The smallest absolute Gasteiger partial charge is 0.155 e. The normalized spacial score (nSPS) is 25.1. The van der Waals surface area contributed by atoms with Crippen LogP contribution in [0, 0.1) is 5.92 Å². The van der Waals surface area contributed by atoms with Crippen molar-refractivity contribution in [2.24, 2.45) is 5.92 Å². The Bertz CT molecular complexity index is 356. The molecule has 1 aromatic carbocycles. The molecule has 1 saturated heterocycles. The predicted octanol–water partition coefficient (Wildman–Crippen LogP) is 2.06. The lowest BCUT2D eigenvalue weighted by Crippen LogP contribution is -2.00. The average molecular weight is 220 g/mol. The maximum absolute atomic E-state index is 9.19. The van der Waals surface area contributed by atoms with Gasteiger partial charge in [-0.3, -0.25) is 0 Å². The van der Waals surface area contributed by atoms with Gasteiger partial charge in [0.2, 0.25) is 0 Å². The Morgan fingerprint density at radius 1 is 1.38 bits per heavy atom. The molecule has 1 aliphatic heterocycles. The molecule has 3 nitrogen and oxygen atoms in total. The molecule has 1 heterocycles. The van der Waals surface area contributed by atoms with E-state index in [1.165, 1.54) is 0 Å². The predicted molar refractivity (Wildman–Crippen MR) is 62.1 cm³/mol. The molecular weight excluding hydrogens is 204 g/mol. The summed E-state index contributed by atoms with van der Waals surface area (Å²) < 4.78 is 10.2. The minimum absolute atomic E-state index is 0.317. The van der Waals surface area contributed by atoms with Crippen LogP contribution in [0.3, 0.4) is 0 Å². The summed E-state index contributed by atoms with van der Waals surface area (Å²) in [6, 6.07) is 7.86. The van der Waals surface area contributed by atoms with Crippen LogP contribution in [-0.4, -0.2) is 25.1 Å². The summed E-state index contributed by atoms with van der Waals surface area (Å²) in [5.74, 6) is 1.17. The van der Waals surface area contributed by atoms with Gasteiger partial charge >= 0.3 is 0 Å². The number of methoxy groups -OCH3 is 1. The Morgan fingerprint density at radius 3 is 2.69 bits per heavy atom. The minimum Gasteiger partial charge on any atom is -0.497 e. The van der Waals surface area contributed by atoms with Crippen molar-refractivity contribution < 1.29 is 14.6 Å². The van der Waals surface area contributed by atoms with E-state index < -0.39 is 6.29 Å². The van der Waals surface area contributed by atoms with E-state index in [1.807, 2.05) is 30.3 Å². The quantitative estimate of drug-likeness (QED) is 0.847. The molecule has 0 bridgehead atoms. The van der Waals surface area contributed by atoms with E-state index in [0.29, 0.717) is 18.9 Å². The highest BCUT2D eigenvalue weighted by Gasteiger charge is 2.20. The lowest BCUT2D eigenvalue weighted by molar-refractivity contribution is -0.0590. The van der Waals surface area contributed by atoms with Gasteiger partial charge in [0, 0.05) is 12.3 Å². The van der Waals surface area contributed by atoms with Crippen molar-refractivity contribution in [3.8, 4) is 5.75 Å². The highest BCUT2D eigenvalue weighted by Crippen LogP contribution is 2.20. The van der Waals surface area contributed by atoms with Crippen LogP contribution in [-0.2, 0) is 4.74 Å². The molecule has 3 heteroatoms. The second-order valence-electron chi connectivity index (χ2n) is 3.92. The van der Waals surface area contributed by atoms with Gasteiger partial charge in [0.15, 0.2) is 6.29 Å². The number of rotatable bonds is 3. The van der Waals surface area contributed by atoms with Gasteiger partial charge in [0.1, 0.15) is 5.75 Å². The van der Waals surface area contributed by atoms with E-state index in [4.69, 9.17) is 9.47 Å². The third kappa shape index (κ3) is 2.84. The third-order valence-corrected chi connectivity index (χ3v) is 2.68. The largest absolute Gasteiger partial charge is 0.497 e. The van der Waals surface area contributed by atoms with Crippen LogP contribution in [0.1, 0.15) is 12.0 Å². The van der Waals surface area contributed by atoms with Gasteiger partial charge in [-0.25, -0.2) is 0 Å². The van der Waals surface area contributed by atoms with Gasteiger partial charge in [-0.15, -0.1) is 0 Å². The van der Waals surface area contributed by atoms with Crippen molar-refractivity contribution in [2.45, 2.75) is 12.7 Å². The second-order valence-corrected chi connectivity index (χ2v) is 3.92. The summed E-state index contributed by atoms with van der Waals surface area (Å²) in [5, 5.41) is 9.19. The van der Waals surface area contributed by atoms with Gasteiger partial charge in [0.05, 0.1) is 13.7 Å². The molecular formula is C13H16O3. The number of hydrogen-bond acceptors (Lipinski definition) is 3. The standard InChI is InChI=1S/C13H16O3/c1-15-12-6-4-10(5-7-12)2-3-11-8-13(14)16-9-11/h2-7,11,13-14H,8-9H2,1H3/b3-2+/t11-,13?/m0/s1. The number of aliphatic hydroxyl groups is 1. The van der Waals surface area contributed by atoms with Crippen molar-refractivity contribution in [3.63, 3.8) is 0 Å². The van der Waals surface area contributed by atoms with Gasteiger partial charge < -0.3 is 14.6 Å². The molecule has 16 heavy (non-hydrogen) atoms. The molecule has 2 rings (SSSR count). The number of hydrogen-bond donors (Lipinski definition) is 1. The van der Waals surface area contributed by atoms with E-state index in [-0.39, 0.29) is 0 Å². The van der Waals surface area contributed by atoms with Crippen molar-refractivity contribution in [2.75, 3.05) is 13.7 Å². The van der Waals surface area contributed by atoms with Crippen molar-refractivity contribution in [3.05, 3.63) is 35.9 Å². The molecule has 2 atom stereocenters. The van der Waals surface area contributed by atoms with Crippen molar-refractivity contribution in [1.82, 2.24) is 0 Å². The fraction of sp³-hybridized carbons (Fsp3) is 0.385. The van der Waals surface area contributed by atoms with Crippen LogP contribution >= 0.6 is 0 Å². The molecule has 1 aliphatic rings. The van der Waals surface area contributed by atoms with Gasteiger partial charge in [-0.1, -0.05) is 24.3 Å². The topological polar surface area (TPSA) is 38.7 Å². The van der Waals surface area contributed by atoms with E-state index in [9.17, 15) is 5.11 Å². The molecule has 1 N–H and O–H groups in total. The first-order chi connectivity index (χ1) is 7.78. The Balaban J connectivity index is 1.95. The molecule has 0 aliphatic carbocycles. The highest BCUT2D eigenvalue weighted by molar-refractivity contribution is 5.50. The first-order valence-corrected chi connectivity index (χ1v) is 5.40. The van der Waals surface area contributed by atoms with E-state index in [1.54, 1.807) is 7.11 Å². The van der Waals surface area contributed by atoms with Gasteiger partial charge in [-0.05, 0) is 17.7 Å². The first kappa shape index (κ1) is 11.2. The Kier molecular flexibility index (Phi) is 3.59. The van der Waals surface area contributed by atoms with Crippen LogP contribution in [0.15, 0.2) is 30.3 Å². The number of ether oxygens (including phenoxy) is 2. The zero-order valence-corrected chi connectivity index (χ0v) is 9.30. The zero-order chi connectivity index (χ0) is 11.4. The van der Waals surface area contributed by atoms with Crippen LogP contribution < -0.4 is 4.74 Å². The summed E-state index contributed by atoms with van der Waals surface area (Å²) in [7, 11) is 1.65. The van der Waals surface area contributed by atoms with Crippen molar-refractivity contribution in [1.29, 1.82) is 0 Å². The third-order valence-electron chi connectivity index (χ3n) is 2.68. The van der Waals surface area contributed by atoms with Crippen LogP contribution in [0.2, 0.25) is 0 Å². The molecule has 0 saturated carbocycles. The summed E-state index contributed by atoms with van der Waals surface area (Å²) in [6.45, 7) is 0.605. The molecule has 0 amide bonds. The van der Waals surface area contributed by atoms with E-state index in [0.717, 1.165) is 11.3 Å². The summed E-state index contributed by atoms with van der Waals surface area (Å²) >= 11 is 0. The first-order valence-electron chi connectivity index (χ1n) is 5.40. The van der Waals surface area contributed by atoms with E-state index in [2.05, 4.69) is 6.08 Å². The average Bonchev–Trinajstić information content (AvgIpc) is 2.73. The highest BCUT2D eigenvalue weighted by atomic mass is 16.6. The molecule has 1 aromatic rings. The molecule has 1 unspecified atom stereocenters. The minimum atomic E-state index is -0.592. The zero-order valence-electron chi connectivity index (χ0n) is 9.30. The Labute approximate surface area is 95.3 Å². The summed E-state index contributed by atoms with van der Waals surface area (Å²) in [4.78, 5) is 0. The fourth-order valence-corrected chi connectivity index (χ4v) is 1.73. The number of benzene rings is 1. The fourth-order valence-electron chi connectivity index (χ4n) is 1.73. The lowest BCUT2D eigenvalue weighted by atomic mass is 10.1. The molecule has 1 fully saturated rings. The van der Waals surface area contributed by atoms with Crippen LogP contribution in [0.5, 0.6) is 5.75 Å². The molecule has 0 radical (unpaired) electrons. The SMILES string of the molecule is COc1ccc(/C=C/[C@@H]2COC(O)C2)cc1. The second kappa shape index (κ2) is 5.14. The van der Waals surface area contributed by atoms with Crippen LogP contribution in [0.25, 0.3) is 6.08 Å².